The molecule has 130 valence electrons. The van der Waals surface area contributed by atoms with Crippen molar-refractivity contribution in [1.82, 2.24) is 9.46 Å². The van der Waals surface area contributed by atoms with Crippen LogP contribution in [0.15, 0.2) is 10.6 Å². The smallest absolute Gasteiger partial charge is 0.214 e. The van der Waals surface area contributed by atoms with Crippen LogP contribution in [0.3, 0.4) is 0 Å². The van der Waals surface area contributed by atoms with E-state index >= 15 is 0 Å². The Bertz CT molecular complexity index is 658. The second-order valence-electron chi connectivity index (χ2n) is 7.16. The number of rotatable bonds is 6. The zero-order valence-corrected chi connectivity index (χ0v) is 15.1. The fourth-order valence-electron chi connectivity index (χ4n) is 2.81. The molecule has 0 aromatic carbocycles. The Hall–Kier alpha value is -1.21. The average molecular weight is 342 g/mol. The molecule has 1 saturated heterocycles. The molecule has 1 aliphatic rings. The molecule has 0 N–H and O–H groups in total. The molecule has 0 aliphatic carbocycles. The number of Topliss-reactive ketones (excluding diaryl/α,β-unsaturated/α-hetero) is 1. The predicted octanol–water partition coefficient (Wildman–Crippen LogP) is 2.29. The lowest BCUT2D eigenvalue weighted by atomic mass is 9.93. The highest BCUT2D eigenvalue weighted by atomic mass is 32.2. The van der Waals surface area contributed by atoms with E-state index in [4.69, 9.17) is 4.52 Å². The van der Waals surface area contributed by atoms with Crippen LogP contribution in [0, 0.1) is 0 Å². The van der Waals surface area contributed by atoms with Gasteiger partial charge in [-0.1, -0.05) is 32.9 Å². The maximum atomic E-state index is 12.5. The zero-order valence-electron chi connectivity index (χ0n) is 14.3. The van der Waals surface area contributed by atoms with Crippen LogP contribution in [0.25, 0.3) is 0 Å². The molecule has 6 nitrogen and oxygen atoms in total. The van der Waals surface area contributed by atoms with Crippen molar-refractivity contribution >= 4 is 15.8 Å². The van der Waals surface area contributed by atoms with E-state index in [2.05, 4.69) is 5.16 Å². The van der Waals surface area contributed by atoms with E-state index in [-0.39, 0.29) is 23.4 Å². The van der Waals surface area contributed by atoms with Gasteiger partial charge >= 0.3 is 0 Å². The summed E-state index contributed by atoms with van der Waals surface area (Å²) < 4.78 is 31.2. The van der Waals surface area contributed by atoms with Crippen molar-refractivity contribution < 1.29 is 17.7 Å². The minimum absolute atomic E-state index is 0.0922. The molecule has 1 aliphatic heterocycles. The molecule has 1 aromatic rings. The summed E-state index contributed by atoms with van der Waals surface area (Å²) in [6, 6.07) is 1.24. The van der Waals surface area contributed by atoms with E-state index in [0.29, 0.717) is 25.1 Å². The van der Waals surface area contributed by atoms with Crippen molar-refractivity contribution in [2.75, 3.05) is 12.3 Å². The zero-order chi connectivity index (χ0) is 17.3. The van der Waals surface area contributed by atoms with Crippen molar-refractivity contribution in [1.29, 1.82) is 0 Å². The lowest BCUT2D eigenvalue weighted by Gasteiger charge is -2.22. The van der Waals surface area contributed by atoms with E-state index < -0.39 is 16.1 Å². The quantitative estimate of drug-likeness (QED) is 0.792. The number of carbonyl (C=O) groups excluding carboxylic acids is 1. The molecule has 0 bridgehead atoms. The van der Waals surface area contributed by atoms with E-state index in [1.54, 1.807) is 6.07 Å². The largest absolute Gasteiger partial charge is 0.361 e. The summed E-state index contributed by atoms with van der Waals surface area (Å²) in [5.74, 6) is 0.715. The van der Waals surface area contributed by atoms with Gasteiger partial charge in [-0.05, 0) is 19.3 Å². The number of aromatic nitrogens is 1. The first-order chi connectivity index (χ1) is 10.6. The van der Waals surface area contributed by atoms with Gasteiger partial charge in [0.15, 0.2) is 5.78 Å². The molecule has 2 rings (SSSR count). The Morgan fingerprint density at radius 2 is 2.13 bits per heavy atom. The molecule has 1 aromatic heterocycles. The van der Waals surface area contributed by atoms with Gasteiger partial charge in [0.2, 0.25) is 10.0 Å². The SMILES string of the molecule is CCCS(=O)(=O)N1CCC[C@H]1C(=O)Cc1cc(C(C)(C)C)on1. The number of sulfonamides is 1. The average Bonchev–Trinajstić information content (AvgIpc) is 3.06. The number of ketones is 1. The summed E-state index contributed by atoms with van der Waals surface area (Å²) in [5, 5.41) is 3.95. The molecule has 23 heavy (non-hydrogen) atoms. The van der Waals surface area contributed by atoms with Crippen LogP contribution >= 0.6 is 0 Å². The lowest BCUT2D eigenvalue weighted by molar-refractivity contribution is -0.121. The third-order valence-corrected chi connectivity index (χ3v) is 6.12. The molecule has 1 fully saturated rings. The third kappa shape index (κ3) is 4.20. The van der Waals surface area contributed by atoms with Gasteiger partial charge in [-0.2, -0.15) is 4.31 Å². The van der Waals surface area contributed by atoms with Crippen LogP contribution in [0.4, 0.5) is 0 Å². The highest BCUT2D eigenvalue weighted by Crippen LogP contribution is 2.26. The van der Waals surface area contributed by atoms with Gasteiger partial charge < -0.3 is 4.52 Å². The molecule has 0 saturated carbocycles. The van der Waals surface area contributed by atoms with Crippen LogP contribution < -0.4 is 0 Å². The number of nitrogens with zero attached hydrogens (tertiary/aromatic N) is 2. The summed E-state index contributed by atoms with van der Waals surface area (Å²) in [4.78, 5) is 12.5. The first-order valence-corrected chi connectivity index (χ1v) is 9.74. The minimum Gasteiger partial charge on any atom is -0.361 e. The maximum Gasteiger partial charge on any atom is 0.214 e. The van der Waals surface area contributed by atoms with Crippen molar-refractivity contribution in [3.05, 3.63) is 17.5 Å². The summed E-state index contributed by atoms with van der Waals surface area (Å²) in [7, 11) is -3.35. The second-order valence-corrected chi connectivity index (χ2v) is 9.20. The highest BCUT2D eigenvalue weighted by Gasteiger charge is 2.38. The van der Waals surface area contributed by atoms with E-state index in [9.17, 15) is 13.2 Å². The molecule has 0 spiro atoms. The summed E-state index contributed by atoms with van der Waals surface area (Å²) in [5.41, 5.74) is 0.401. The number of hydrogen-bond acceptors (Lipinski definition) is 5. The standard InChI is InChI=1S/C16H26N2O4S/c1-5-9-23(20,21)18-8-6-7-13(18)14(19)10-12-11-15(22-17-12)16(2,3)4/h11,13H,5-10H2,1-4H3/t13-/m0/s1. The van der Waals surface area contributed by atoms with Crippen LogP contribution in [0.2, 0.25) is 0 Å². The van der Waals surface area contributed by atoms with Crippen molar-refractivity contribution in [2.45, 2.75) is 64.8 Å². The topological polar surface area (TPSA) is 80.5 Å². The van der Waals surface area contributed by atoms with Gasteiger partial charge in [-0.3, -0.25) is 4.79 Å². The molecule has 0 unspecified atom stereocenters. The van der Waals surface area contributed by atoms with E-state index in [1.807, 2.05) is 27.7 Å². The van der Waals surface area contributed by atoms with E-state index in [0.717, 1.165) is 12.2 Å². The van der Waals surface area contributed by atoms with Gasteiger partial charge in [0, 0.05) is 18.0 Å². The first-order valence-electron chi connectivity index (χ1n) is 8.13. The van der Waals surface area contributed by atoms with Gasteiger partial charge in [0.05, 0.1) is 23.9 Å². The predicted molar refractivity (Wildman–Crippen MR) is 87.7 cm³/mol. The van der Waals surface area contributed by atoms with Crippen molar-refractivity contribution in [2.24, 2.45) is 0 Å². The second kappa shape index (κ2) is 6.73. The monoisotopic (exact) mass is 342 g/mol. The minimum atomic E-state index is -3.35. The Morgan fingerprint density at radius 1 is 1.43 bits per heavy atom. The number of carbonyl (C=O) groups is 1. The molecule has 1 atom stereocenters. The maximum absolute atomic E-state index is 12.5. The Balaban J connectivity index is 2.09. The first kappa shape index (κ1) is 18.1. The van der Waals surface area contributed by atoms with Crippen LogP contribution in [-0.4, -0.2) is 42.0 Å². The van der Waals surface area contributed by atoms with Crippen LogP contribution in [-0.2, 0) is 26.7 Å². The van der Waals surface area contributed by atoms with Gasteiger partial charge in [-0.15, -0.1) is 0 Å². The fourth-order valence-corrected chi connectivity index (χ4v) is 4.58. The molecule has 7 heteroatoms. The molecule has 0 radical (unpaired) electrons. The van der Waals surface area contributed by atoms with Gasteiger partial charge in [0.1, 0.15) is 5.76 Å². The summed E-state index contributed by atoms with van der Waals surface area (Å²) in [6.45, 7) is 8.29. The van der Waals surface area contributed by atoms with Gasteiger partial charge in [0.25, 0.3) is 0 Å². The Morgan fingerprint density at radius 3 is 2.70 bits per heavy atom. The van der Waals surface area contributed by atoms with Crippen molar-refractivity contribution in [3.63, 3.8) is 0 Å². The normalized spacial score (nSPS) is 20.1. The van der Waals surface area contributed by atoms with Gasteiger partial charge in [-0.25, -0.2) is 8.42 Å². The van der Waals surface area contributed by atoms with Crippen LogP contribution in [0.5, 0.6) is 0 Å². The molecular formula is C16H26N2O4S. The molecule has 0 amide bonds. The Kier molecular flexibility index (Phi) is 5.30. The summed E-state index contributed by atoms with van der Waals surface area (Å²) in [6.07, 6.45) is 1.98. The fraction of sp³-hybridized carbons (Fsp3) is 0.750. The highest BCUT2D eigenvalue weighted by molar-refractivity contribution is 7.89. The van der Waals surface area contributed by atoms with Crippen LogP contribution in [0.1, 0.15) is 58.4 Å². The molecular weight excluding hydrogens is 316 g/mol. The summed E-state index contributed by atoms with van der Waals surface area (Å²) >= 11 is 0. The lowest BCUT2D eigenvalue weighted by Crippen LogP contribution is -2.42. The van der Waals surface area contributed by atoms with E-state index in [1.165, 1.54) is 4.31 Å². The Labute approximate surface area is 138 Å². The van der Waals surface area contributed by atoms with Crippen molar-refractivity contribution in [3.8, 4) is 0 Å². The number of hydrogen-bond donors (Lipinski definition) is 0. The third-order valence-electron chi connectivity index (χ3n) is 4.05. The molecule has 2 heterocycles.